The quantitative estimate of drug-likeness (QED) is 0.838. The number of rotatable bonds is 3. The molecule has 0 amide bonds. The van der Waals surface area contributed by atoms with Crippen LogP contribution in [0.4, 0.5) is 0 Å². The van der Waals surface area contributed by atoms with Gasteiger partial charge in [-0.1, -0.05) is 36.4 Å². The van der Waals surface area contributed by atoms with Gasteiger partial charge in [0.15, 0.2) is 0 Å². The van der Waals surface area contributed by atoms with Crippen molar-refractivity contribution in [2.24, 2.45) is 0 Å². The predicted octanol–water partition coefficient (Wildman–Crippen LogP) is 2.78. The van der Waals surface area contributed by atoms with Crippen LogP contribution in [0.3, 0.4) is 0 Å². The molecular formula is C18H21NO2. The van der Waals surface area contributed by atoms with Gasteiger partial charge in [0.1, 0.15) is 12.4 Å². The molecule has 1 aromatic rings. The molecule has 0 fully saturated rings. The maximum Gasteiger partial charge on any atom is 0.123 e. The fourth-order valence-corrected chi connectivity index (χ4v) is 2.88. The second-order valence-corrected chi connectivity index (χ2v) is 5.43. The highest BCUT2D eigenvalue weighted by Gasteiger charge is 2.24. The van der Waals surface area contributed by atoms with E-state index in [0.717, 1.165) is 24.3 Å². The number of fused-ring (bicyclic) bond motifs is 1. The van der Waals surface area contributed by atoms with Crippen LogP contribution >= 0.6 is 0 Å². The first kappa shape index (κ1) is 14.1. The zero-order chi connectivity index (χ0) is 14.7. The van der Waals surface area contributed by atoms with E-state index in [2.05, 4.69) is 29.6 Å². The average molecular weight is 283 g/mol. The van der Waals surface area contributed by atoms with E-state index in [9.17, 15) is 5.11 Å². The number of hydrogen-bond acceptors (Lipinski definition) is 3. The van der Waals surface area contributed by atoms with Gasteiger partial charge < -0.3 is 15.2 Å². The smallest absolute Gasteiger partial charge is 0.123 e. The first-order valence-corrected chi connectivity index (χ1v) is 7.45. The summed E-state index contributed by atoms with van der Waals surface area (Å²) in [6.07, 6.45) is 7.11. The molecule has 0 saturated heterocycles. The van der Waals surface area contributed by atoms with Gasteiger partial charge in [-0.2, -0.15) is 0 Å². The number of aliphatic hydroxyl groups excluding tert-OH is 1. The van der Waals surface area contributed by atoms with Crippen LogP contribution in [0, 0.1) is 0 Å². The summed E-state index contributed by atoms with van der Waals surface area (Å²) < 4.78 is 5.94. The van der Waals surface area contributed by atoms with E-state index in [1.54, 1.807) is 6.08 Å². The summed E-state index contributed by atoms with van der Waals surface area (Å²) in [6, 6.07) is 8.36. The van der Waals surface area contributed by atoms with Gasteiger partial charge in [-0.3, -0.25) is 0 Å². The SMILES string of the molecule is CNCCC=C1C2=C(C=CC(O)C2)OCc2ccccc21. The van der Waals surface area contributed by atoms with Crippen molar-refractivity contribution < 1.29 is 9.84 Å². The summed E-state index contributed by atoms with van der Waals surface area (Å²) in [5.41, 5.74) is 4.74. The van der Waals surface area contributed by atoms with E-state index in [4.69, 9.17) is 4.74 Å². The van der Waals surface area contributed by atoms with Crippen molar-refractivity contribution in [3.8, 4) is 0 Å². The van der Waals surface area contributed by atoms with E-state index >= 15 is 0 Å². The average Bonchev–Trinajstić information content (AvgIpc) is 2.65. The summed E-state index contributed by atoms with van der Waals surface area (Å²) in [6.45, 7) is 1.52. The minimum absolute atomic E-state index is 0.426. The van der Waals surface area contributed by atoms with Crippen molar-refractivity contribution in [2.45, 2.75) is 25.6 Å². The van der Waals surface area contributed by atoms with Crippen LogP contribution in [0.25, 0.3) is 5.57 Å². The Bertz CT molecular complexity index is 613. The number of benzene rings is 1. The topological polar surface area (TPSA) is 41.5 Å². The third kappa shape index (κ3) is 2.94. The third-order valence-corrected chi connectivity index (χ3v) is 3.94. The van der Waals surface area contributed by atoms with Crippen molar-refractivity contribution in [1.29, 1.82) is 0 Å². The van der Waals surface area contributed by atoms with Gasteiger partial charge in [-0.25, -0.2) is 0 Å². The van der Waals surface area contributed by atoms with Gasteiger partial charge in [0, 0.05) is 12.0 Å². The highest BCUT2D eigenvalue weighted by molar-refractivity contribution is 5.82. The molecule has 1 heterocycles. The van der Waals surface area contributed by atoms with Gasteiger partial charge in [-0.15, -0.1) is 0 Å². The predicted molar refractivity (Wildman–Crippen MR) is 84.5 cm³/mol. The van der Waals surface area contributed by atoms with Crippen LogP contribution in [-0.2, 0) is 11.3 Å². The van der Waals surface area contributed by atoms with E-state index < -0.39 is 6.10 Å². The number of ether oxygens (including phenoxy) is 1. The summed E-state index contributed by atoms with van der Waals surface area (Å²) in [5, 5.41) is 13.1. The lowest BCUT2D eigenvalue weighted by atomic mass is 9.88. The first-order chi connectivity index (χ1) is 10.3. The van der Waals surface area contributed by atoms with Crippen LogP contribution in [-0.4, -0.2) is 24.8 Å². The third-order valence-electron chi connectivity index (χ3n) is 3.94. The van der Waals surface area contributed by atoms with E-state index in [0.29, 0.717) is 13.0 Å². The van der Waals surface area contributed by atoms with Crippen LogP contribution < -0.4 is 5.32 Å². The number of aliphatic hydroxyl groups is 1. The van der Waals surface area contributed by atoms with Crippen molar-refractivity contribution in [3.05, 3.63) is 65.0 Å². The molecular weight excluding hydrogens is 262 g/mol. The minimum Gasteiger partial charge on any atom is -0.489 e. The second-order valence-electron chi connectivity index (χ2n) is 5.43. The van der Waals surface area contributed by atoms with Crippen LogP contribution in [0.2, 0.25) is 0 Å². The molecule has 21 heavy (non-hydrogen) atoms. The Kier molecular flexibility index (Phi) is 4.23. The maximum atomic E-state index is 9.96. The molecule has 0 radical (unpaired) electrons. The normalized spacial score (nSPS) is 22.6. The second kappa shape index (κ2) is 6.29. The van der Waals surface area contributed by atoms with Gasteiger partial charge in [0.05, 0.1) is 6.10 Å². The molecule has 1 aromatic carbocycles. The number of nitrogens with one attached hydrogen (secondary N) is 1. The minimum atomic E-state index is -0.426. The molecule has 3 nitrogen and oxygen atoms in total. The Morgan fingerprint density at radius 1 is 1.38 bits per heavy atom. The summed E-state index contributed by atoms with van der Waals surface area (Å²) >= 11 is 0. The van der Waals surface area contributed by atoms with Crippen molar-refractivity contribution in [2.75, 3.05) is 13.6 Å². The Morgan fingerprint density at radius 3 is 3.10 bits per heavy atom. The molecule has 1 unspecified atom stereocenters. The van der Waals surface area contributed by atoms with E-state index in [-0.39, 0.29) is 0 Å². The molecule has 110 valence electrons. The molecule has 2 N–H and O–H groups in total. The molecule has 1 aliphatic carbocycles. The lowest BCUT2D eigenvalue weighted by Crippen LogP contribution is -2.11. The molecule has 0 spiro atoms. The monoisotopic (exact) mass is 283 g/mol. The fraction of sp³-hybridized carbons (Fsp3) is 0.333. The van der Waals surface area contributed by atoms with Crippen molar-refractivity contribution >= 4 is 5.57 Å². The van der Waals surface area contributed by atoms with Crippen molar-refractivity contribution in [3.63, 3.8) is 0 Å². The number of hydrogen-bond donors (Lipinski definition) is 2. The highest BCUT2D eigenvalue weighted by Crippen LogP contribution is 2.37. The molecule has 3 heteroatoms. The Balaban J connectivity index is 2.06. The van der Waals surface area contributed by atoms with Gasteiger partial charge in [0.25, 0.3) is 0 Å². The molecule has 0 saturated carbocycles. The van der Waals surface area contributed by atoms with E-state index in [1.165, 1.54) is 16.7 Å². The summed E-state index contributed by atoms with van der Waals surface area (Å²) in [5.74, 6) is 0.896. The van der Waals surface area contributed by atoms with Crippen LogP contribution in [0.15, 0.2) is 53.8 Å². The fourth-order valence-electron chi connectivity index (χ4n) is 2.88. The molecule has 1 aliphatic heterocycles. The lowest BCUT2D eigenvalue weighted by molar-refractivity contribution is 0.190. The summed E-state index contributed by atoms with van der Waals surface area (Å²) in [4.78, 5) is 0. The molecule has 0 aromatic heterocycles. The number of allylic oxidation sites excluding steroid dienone is 2. The lowest BCUT2D eigenvalue weighted by Gasteiger charge is -2.19. The Morgan fingerprint density at radius 2 is 2.24 bits per heavy atom. The first-order valence-electron chi connectivity index (χ1n) is 7.45. The molecule has 1 atom stereocenters. The maximum absolute atomic E-state index is 9.96. The van der Waals surface area contributed by atoms with Gasteiger partial charge in [0.2, 0.25) is 0 Å². The standard InChI is InChI=1S/C18H21NO2/c1-19-10-4-7-16-15-6-3-2-5-13(15)12-21-18-9-8-14(20)11-17(16)18/h2-3,5-9,14,19-20H,4,10-12H2,1H3. The Hall–Kier alpha value is -1.84. The molecule has 3 rings (SSSR count). The molecule has 2 aliphatic rings. The van der Waals surface area contributed by atoms with E-state index in [1.807, 2.05) is 19.2 Å². The van der Waals surface area contributed by atoms with Crippen LogP contribution in [0.5, 0.6) is 0 Å². The zero-order valence-corrected chi connectivity index (χ0v) is 12.3. The van der Waals surface area contributed by atoms with Gasteiger partial charge >= 0.3 is 0 Å². The Labute approximate surface area is 125 Å². The highest BCUT2D eigenvalue weighted by atomic mass is 16.5. The zero-order valence-electron chi connectivity index (χ0n) is 12.3. The summed E-state index contributed by atoms with van der Waals surface area (Å²) in [7, 11) is 1.96. The van der Waals surface area contributed by atoms with Crippen LogP contribution in [0.1, 0.15) is 24.0 Å². The van der Waals surface area contributed by atoms with Gasteiger partial charge in [-0.05, 0) is 42.8 Å². The van der Waals surface area contributed by atoms with Crippen molar-refractivity contribution in [1.82, 2.24) is 5.32 Å². The molecule has 0 bridgehead atoms. The largest absolute Gasteiger partial charge is 0.489 e.